The zero-order valence-corrected chi connectivity index (χ0v) is 11.6. The Morgan fingerprint density at radius 3 is 2.89 bits per heavy atom. The number of benzene rings is 1. The minimum absolute atomic E-state index is 0.856. The zero-order valence-electron chi connectivity index (χ0n) is 11.6. The lowest BCUT2D eigenvalue weighted by atomic mass is 10.1. The predicted octanol–water partition coefficient (Wildman–Crippen LogP) is 2.24. The maximum Gasteiger partial charge on any atom is 0.122 e. The lowest BCUT2D eigenvalue weighted by Crippen LogP contribution is -2.16. The van der Waals surface area contributed by atoms with Gasteiger partial charge in [-0.15, -0.1) is 0 Å². The SMILES string of the molecule is CCn1cc(CNCCc2ccccc2OC)cn1. The van der Waals surface area contributed by atoms with Gasteiger partial charge in [0.1, 0.15) is 5.75 Å². The van der Waals surface area contributed by atoms with E-state index in [1.807, 2.05) is 29.1 Å². The monoisotopic (exact) mass is 259 g/mol. The van der Waals surface area contributed by atoms with Crippen LogP contribution in [0.5, 0.6) is 5.75 Å². The second-order valence-corrected chi connectivity index (χ2v) is 4.44. The Kier molecular flexibility index (Phi) is 4.98. The Balaban J connectivity index is 1.77. The van der Waals surface area contributed by atoms with E-state index in [-0.39, 0.29) is 0 Å². The Morgan fingerprint density at radius 2 is 2.16 bits per heavy atom. The maximum absolute atomic E-state index is 5.34. The van der Waals surface area contributed by atoms with Gasteiger partial charge in [-0.2, -0.15) is 5.10 Å². The number of para-hydroxylation sites is 1. The molecule has 19 heavy (non-hydrogen) atoms. The molecule has 0 bridgehead atoms. The van der Waals surface area contributed by atoms with E-state index in [1.165, 1.54) is 11.1 Å². The van der Waals surface area contributed by atoms with Crippen LogP contribution in [-0.4, -0.2) is 23.4 Å². The molecular formula is C15H21N3O. The van der Waals surface area contributed by atoms with Crippen molar-refractivity contribution < 1.29 is 4.74 Å². The zero-order chi connectivity index (χ0) is 13.5. The standard InChI is InChI=1S/C15H21N3O/c1-3-18-12-13(11-17-18)10-16-9-8-14-6-4-5-7-15(14)19-2/h4-7,11-12,16H,3,8-10H2,1-2H3. The largest absolute Gasteiger partial charge is 0.496 e. The fourth-order valence-corrected chi connectivity index (χ4v) is 2.04. The molecule has 0 aliphatic rings. The highest BCUT2D eigenvalue weighted by Gasteiger charge is 2.01. The van der Waals surface area contributed by atoms with Gasteiger partial charge in [-0.05, 0) is 31.5 Å². The summed E-state index contributed by atoms with van der Waals surface area (Å²) >= 11 is 0. The number of nitrogens with zero attached hydrogens (tertiary/aromatic N) is 2. The summed E-state index contributed by atoms with van der Waals surface area (Å²) in [7, 11) is 1.71. The summed E-state index contributed by atoms with van der Waals surface area (Å²) in [6.07, 6.45) is 4.96. The highest BCUT2D eigenvalue weighted by atomic mass is 16.5. The first-order chi connectivity index (χ1) is 9.33. The smallest absolute Gasteiger partial charge is 0.122 e. The first-order valence-electron chi connectivity index (χ1n) is 6.67. The quantitative estimate of drug-likeness (QED) is 0.775. The number of aromatic nitrogens is 2. The molecule has 0 amide bonds. The van der Waals surface area contributed by atoms with Crippen molar-refractivity contribution in [3.05, 3.63) is 47.8 Å². The van der Waals surface area contributed by atoms with Crippen molar-refractivity contribution >= 4 is 0 Å². The lowest BCUT2D eigenvalue weighted by molar-refractivity contribution is 0.409. The molecule has 1 N–H and O–H groups in total. The number of methoxy groups -OCH3 is 1. The van der Waals surface area contributed by atoms with Crippen molar-refractivity contribution in [1.82, 2.24) is 15.1 Å². The topological polar surface area (TPSA) is 39.1 Å². The van der Waals surface area contributed by atoms with Crippen molar-refractivity contribution in [2.24, 2.45) is 0 Å². The van der Waals surface area contributed by atoms with Gasteiger partial charge in [0.15, 0.2) is 0 Å². The molecule has 0 saturated heterocycles. The summed E-state index contributed by atoms with van der Waals surface area (Å²) in [4.78, 5) is 0. The molecule has 1 heterocycles. The Bertz CT molecular complexity index is 508. The number of hydrogen-bond acceptors (Lipinski definition) is 3. The van der Waals surface area contributed by atoms with Crippen LogP contribution in [0.2, 0.25) is 0 Å². The summed E-state index contributed by atoms with van der Waals surface area (Å²) in [5.41, 5.74) is 2.46. The van der Waals surface area contributed by atoms with Crippen LogP contribution in [0.15, 0.2) is 36.7 Å². The van der Waals surface area contributed by atoms with E-state index in [9.17, 15) is 0 Å². The van der Waals surface area contributed by atoms with Crippen molar-refractivity contribution in [3.8, 4) is 5.75 Å². The first-order valence-corrected chi connectivity index (χ1v) is 6.67. The number of ether oxygens (including phenoxy) is 1. The van der Waals surface area contributed by atoms with Gasteiger partial charge < -0.3 is 10.1 Å². The van der Waals surface area contributed by atoms with Gasteiger partial charge >= 0.3 is 0 Å². The fraction of sp³-hybridized carbons (Fsp3) is 0.400. The Morgan fingerprint density at radius 1 is 1.32 bits per heavy atom. The van der Waals surface area contributed by atoms with E-state index >= 15 is 0 Å². The second-order valence-electron chi connectivity index (χ2n) is 4.44. The highest BCUT2D eigenvalue weighted by Crippen LogP contribution is 2.17. The lowest BCUT2D eigenvalue weighted by Gasteiger charge is -2.08. The summed E-state index contributed by atoms with van der Waals surface area (Å²) < 4.78 is 7.28. The molecule has 1 aromatic carbocycles. The Hall–Kier alpha value is -1.81. The van der Waals surface area contributed by atoms with Crippen LogP contribution in [0.3, 0.4) is 0 Å². The molecule has 102 valence electrons. The van der Waals surface area contributed by atoms with E-state index in [0.717, 1.165) is 31.8 Å². The molecule has 0 saturated carbocycles. The van der Waals surface area contributed by atoms with E-state index in [0.29, 0.717) is 0 Å². The number of rotatable bonds is 7. The minimum Gasteiger partial charge on any atom is -0.496 e. The molecule has 2 aromatic rings. The predicted molar refractivity (Wildman–Crippen MR) is 76.3 cm³/mol. The second kappa shape index (κ2) is 6.95. The molecule has 0 radical (unpaired) electrons. The number of nitrogens with one attached hydrogen (secondary N) is 1. The molecule has 0 fully saturated rings. The summed E-state index contributed by atoms with van der Waals surface area (Å²) in [6.45, 7) is 4.79. The molecule has 0 unspecified atom stereocenters. The van der Waals surface area contributed by atoms with E-state index < -0.39 is 0 Å². The van der Waals surface area contributed by atoms with Gasteiger partial charge in [-0.25, -0.2) is 0 Å². The van der Waals surface area contributed by atoms with E-state index in [2.05, 4.69) is 29.6 Å². The average Bonchev–Trinajstić information content (AvgIpc) is 2.92. The van der Waals surface area contributed by atoms with Crippen molar-refractivity contribution in [1.29, 1.82) is 0 Å². The van der Waals surface area contributed by atoms with Gasteiger partial charge in [-0.3, -0.25) is 4.68 Å². The van der Waals surface area contributed by atoms with Crippen LogP contribution in [-0.2, 0) is 19.5 Å². The molecule has 0 aliphatic carbocycles. The summed E-state index contributed by atoms with van der Waals surface area (Å²) in [5, 5.41) is 7.69. The van der Waals surface area contributed by atoms with Gasteiger partial charge in [0.25, 0.3) is 0 Å². The maximum atomic E-state index is 5.34. The summed E-state index contributed by atoms with van der Waals surface area (Å²) in [5.74, 6) is 0.961. The third-order valence-electron chi connectivity index (χ3n) is 3.10. The molecule has 4 heteroatoms. The third-order valence-corrected chi connectivity index (χ3v) is 3.10. The molecule has 1 aromatic heterocycles. The fourth-order valence-electron chi connectivity index (χ4n) is 2.04. The normalized spacial score (nSPS) is 10.6. The number of aryl methyl sites for hydroxylation is 1. The molecule has 0 aliphatic heterocycles. The van der Waals surface area contributed by atoms with Crippen LogP contribution in [0, 0.1) is 0 Å². The van der Waals surface area contributed by atoms with Gasteiger partial charge in [0, 0.05) is 24.8 Å². The van der Waals surface area contributed by atoms with Crippen LogP contribution >= 0.6 is 0 Å². The average molecular weight is 259 g/mol. The molecule has 4 nitrogen and oxygen atoms in total. The van der Waals surface area contributed by atoms with Gasteiger partial charge in [0.2, 0.25) is 0 Å². The summed E-state index contributed by atoms with van der Waals surface area (Å²) in [6, 6.07) is 8.15. The van der Waals surface area contributed by atoms with Gasteiger partial charge in [0.05, 0.1) is 13.3 Å². The Labute approximate surface area is 114 Å². The van der Waals surface area contributed by atoms with Crippen molar-refractivity contribution in [2.45, 2.75) is 26.4 Å². The van der Waals surface area contributed by atoms with Crippen LogP contribution in [0.25, 0.3) is 0 Å². The van der Waals surface area contributed by atoms with Crippen LogP contribution < -0.4 is 10.1 Å². The van der Waals surface area contributed by atoms with Crippen molar-refractivity contribution in [2.75, 3.05) is 13.7 Å². The minimum atomic E-state index is 0.856. The van der Waals surface area contributed by atoms with Crippen LogP contribution in [0.4, 0.5) is 0 Å². The molecule has 0 atom stereocenters. The van der Waals surface area contributed by atoms with E-state index in [1.54, 1.807) is 7.11 Å². The van der Waals surface area contributed by atoms with Gasteiger partial charge in [-0.1, -0.05) is 18.2 Å². The van der Waals surface area contributed by atoms with E-state index in [4.69, 9.17) is 4.74 Å². The highest BCUT2D eigenvalue weighted by molar-refractivity contribution is 5.33. The van der Waals surface area contributed by atoms with Crippen LogP contribution in [0.1, 0.15) is 18.1 Å². The molecule has 2 rings (SSSR count). The van der Waals surface area contributed by atoms with Crippen molar-refractivity contribution in [3.63, 3.8) is 0 Å². The third kappa shape index (κ3) is 3.83. The molecule has 0 spiro atoms. The molecular weight excluding hydrogens is 238 g/mol. The first kappa shape index (κ1) is 13.6. The number of hydrogen-bond donors (Lipinski definition) is 1.